The summed E-state index contributed by atoms with van der Waals surface area (Å²) in [7, 11) is 0. The first-order valence-corrected chi connectivity index (χ1v) is 7.94. The molecule has 98 valence electrons. The molecule has 0 amide bonds. The smallest absolute Gasteiger partial charge is 0.0325 e. The standard InChI is InChI=1S/C17H30/c1-3-5-15-8-12-17(13-9-15)16-10-6-14(4-2)7-11-16/h3,14-17H,1,4-13H2,2H3. The number of hydrogen-bond acceptors (Lipinski definition) is 0. The molecule has 0 aromatic rings. The summed E-state index contributed by atoms with van der Waals surface area (Å²) < 4.78 is 0. The molecule has 0 saturated heterocycles. The van der Waals surface area contributed by atoms with Gasteiger partial charge in [-0.15, -0.1) is 6.58 Å². The Hall–Kier alpha value is -0.260. The van der Waals surface area contributed by atoms with Crippen LogP contribution >= 0.6 is 0 Å². The zero-order valence-electron chi connectivity index (χ0n) is 11.7. The van der Waals surface area contributed by atoms with Crippen LogP contribution in [0.4, 0.5) is 0 Å². The average molecular weight is 234 g/mol. The van der Waals surface area contributed by atoms with E-state index in [9.17, 15) is 0 Å². The Morgan fingerprint density at radius 3 is 1.71 bits per heavy atom. The third-order valence-electron chi connectivity index (χ3n) is 5.53. The third kappa shape index (κ3) is 3.60. The topological polar surface area (TPSA) is 0 Å². The van der Waals surface area contributed by atoms with Crippen LogP contribution in [0.25, 0.3) is 0 Å². The highest BCUT2D eigenvalue weighted by atomic mass is 14.4. The molecule has 0 heterocycles. The Balaban J connectivity index is 1.72. The van der Waals surface area contributed by atoms with Crippen LogP contribution in [0.5, 0.6) is 0 Å². The van der Waals surface area contributed by atoms with Crippen molar-refractivity contribution in [2.75, 3.05) is 0 Å². The van der Waals surface area contributed by atoms with Gasteiger partial charge in [0.15, 0.2) is 0 Å². The molecule has 0 aromatic carbocycles. The van der Waals surface area contributed by atoms with E-state index in [1.807, 2.05) is 0 Å². The van der Waals surface area contributed by atoms with E-state index < -0.39 is 0 Å². The van der Waals surface area contributed by atoms with Crippen LogP contribution in [0.3, 0.4) is 0 Å². The Morgan fingerprint density at radius 2 is 1.29 bits per heavy atom. The van der Waals surface area contributed by atoms with Crippen molar-refractivity contribution in [2.45, 2.75) is 71.1 Å². The van der Waals surface area contributed by atoms with E-state index in [1.165, 1.54) is 64.2 Å². The van der Waals surface area contributed by atoms with Crippen molar-refractivity contribution in [1.29, 1.82) is 0 Å². The molecule has 2 aliphatic carbocycles. The lowest BCUT2D eigenvalue weighted by Gasteiger charge is -2.37. The van der Waals surface area contributed by atoms with E-state index in [0.29, 0.717) is 0 Å². The van der Waals surface area contributed by atoms with Crippen LogP contribution in [0.15, 0.2) is 12.7 Å². The molecular weight excluding hydrogens is 204 g/mol. The molecule has 0 nitrogen and oxygen atoms in total. The van der Waals surface area contributed by atoms with Gasteiger partial charge in [0.1, 0.15) is 0 Å². The van der Waals surface area contributed by atoms with Crippen LogP contribution in [0, 0.1) is 23.7 Å². The van der Waals surface area contributed by atoms with Gasteiger partial charge in [-0.2, -0.15) is 0 Å². The maximum atomic E-state index is 3.88. The van der Waals surface area contributed by atoms with E-state index in [-0.39, 0.29) is 0 Å². The van der Waals surface area contributed by atoms with Crippen molar-refractivity contribution in [3.05, 3.63) is 12.7 Å². The minimum absolute atomic E-state index is 0.968. The molecule has 0 radical (unpaired) electrons. The lowest BCUT2D eigenvalue weighted by molar-refractivity contribution is 0.145. The first-order valence-electron chi connectivity index (χ1n) is 7.94. The molecule has 0 N–H and O–H groups in total. The predicted octanol–water partition coefficient (Wildman–Crippen LogP) is 5.59. The molecular formula is C17H30. The molecule has 0 aliphatic heterocycles. The summed E-state index contributed by atoms with van der Waals surface area (Å²) in [6, 6.07) is 0. The van der Waals surface area contributed by atoms with Crippen molar-refractivity contribution in [1.82, 2.24) is 0 Å². The van der Waals surface area contributed by atoms with Gasteiger partial charge in [-0.05, 0) is 68.6 Å². The second-order valence-corrected chi connectivity index (χ2v) is 6.49. The first kappa shape index (κ1) is 13.2. The SMILES string of the molecule is C=CCC1CCC(C2CCC(CC)CC2)CC1. The summed E-state index contributed by atoms with van der Waals surface area (Å²) in [5.41, 5.74) is 0. The number of hydrogen-bond donors (Lipinski definition) is 0. The Kier molecular flexibility index (Phi) is 5.13. The molecule has 2 aliphatic rings. The maximum Gasteiger partial charge on any atom is -0.0325 e. The Labute approximate surface area is 108 Å². The summed E-state index contributed by atoms with van der Waals surface area (Å²) in [6.45, 7) is 6.25. The van der Waals surface area contributed by atoms with Crippen molar-refractivity contribution in [2.24, 2.45) is 23.7 Å². The summed E-state index contributed by atoms with van der Waals surface area (Å²) in [6.07, 6.45) is 16.9. The van der Waals surface area contributed by atoms with Gasteiger partial charge in [0.05, 0.1) is 0 Å². The van der Waals surface area contributed by atoms with Gasteiger partial charge in [-0.1, -0.05) is 32.3 Å². The van der Waals surface area contributed by atoms with Gasteiger partial charge in [-0.25, -0.2) is 0 Å². The molecule has 2 saturated carbocycles. The Bertz CT molecular complexity index is 214. The minimum Gasteiger partial charge on any atom is -0.103 e. The van der Waals surface area contributed by atoms with Crippen molar-refractivity contribution < 1.29 is 0 Å². The van der Waals surface area contributed by atoms with Crippen molar-refractivity contribution >= 4 is 0 Å². The lowest BCUT2D eigenvalue weighted by atomic mass is 9.68. The average Bonchev–Trinajstić information content (AvgIpc) is 2.40. The number of allylic oxidation sites excluding steroid dienone is 1. The van der Waals surface area contributed by atoms with Gasteiger partial charge in [0.2, 0.25) is 0 Å². The summed E-state index contributed by atoms with van der Waals surface area (Å²) in [4.78, 5) is 0. The van der Waals surface area contributed by atoms with E-state index in [1.54, 1.807) is 0 Å². The fraction of sp³-hybridized carbons (Fsp3) is 0.882. The summed E-state index contributed by atoms with van der Waals surface area (Å²) in [5, 5.41) is 0. The van der Waals surface area contributed by atoms with Gasteiger partial charge >= 0.3 is 0 Å². The predicted molar refractivity (Wildman–Crippen MR) is 76.0 cm³/mol. The van der Waals surface area contributed by atoms with E-state index >= 15 is 0 Å². The quantitative estimate of drug-likeness (QED) is 0.557. The van der Waals surface area contributed by atoms with Crippen molar-refractivity contribution in [3.8, 4) is 0 Å². The molecule has 2 rings (SSSR count). The first-order chi connectivity index (χ1) is 8.33. The van der Waals surface area contributed by atoms with Crippen molar-refractivity contribution in [3.63, 3.8) is 0 Å². The second kappa shape index (κ2) is 6.61. The Morgan fingerprint density at radius 1 is 0.824 bits per heavy atom. The molecule has 0 aromatic heterocycles. The minimum atomic E-state index is 0.968. The molecule has 0 bridgehead atoms. The third-order valence-corrected chi connectivity index (χ3v) is 5.53. The van der Waals surface area contributed by atoms with E-state index in [2.05, 4.69) is 19.6 Å². The highest BCUT2D eigenvalue weighted by molar-refractivity contribution is 4.83. The monoisotopic (exact) mass is 234 g/mol. The zero-order valence-corrected chi connectivity index (χ0v) is 11.7. The molecule has 0 atom stereocenters. The van der Waals surface area contributed by atoms with E-state index in [4.69, 9.17) is 0 Å². The summed E-state index contributed by atoms with van der Waals surface area (Å²) in [5.74, 6) is 4.19. The lowest BCUT2D eigenvalue weighted by Crippen LogP contribution is -2.25. The van der Waals surface area contributed by atoms with Gasteiger partial charge in [0, 0.05) is 0 Å². The van der Waals surface area contributed by atoms with Crippen LogP contribution in [-0.4, -0.2) is 0 Å². The molecule has 0 unspecified atom stereocenters. The molecule has 17 heavy (non-hydrogen) atoms. The molecule has 0 spiro atoms. The van der Waals surface area contributed by atoms with Gasteiger partial charge in [-0.3, -0.25) is 0 Å². The van der Waals surface area contributed by atoms with Crippen LogP contribution in [-0.2, 0) is 0 Å². The molecule has 0 heteroatoms. The fourth-order valence-electron chi connectivity index (χ4n) is 4.20. The maximum absolute atomic E-state index is 3.88. The van der Waals surface area contributed by atoms with Crippen LogP contribution in [0.2, 0.25) is 0 Å². The van der Waals surface area contributed by atoms with E-state index in [0.717, 1.165) is 23.7 Å². The summed E-state index contributed by atoms with van der Waals surface area (Å²) >= 11 is 0. The second-order valence-electron chi connectivity index (χ2n) is 6.49. The van der Waals surface area contributed by atoms with Gasteiger partial charge < -0.3 is 0 Å². The highest BCUT2D eigenvalue weighted by Crippen LogP contribution is 2.42. The molecule has 2 fully saturated rings. The fourth-order valence-corrected chi connectivity index (χ4v) is 4.20. The van der Waals surface area contributed by atoms with Crippen LogP contribution in [0.1, 0.15) is 71.1 Å². The number of rotatable bonds is 4. The normalized spacial score (nSPS) is 38.9. The van der Waals surface area contributed by atoms with Gasteiger partial charge in [0.25, 0.3) is 0 Å². The highest BCUT2D eigenvalue weighted by Gasteiger charge is 2.29. The van der Waals surface area contributed by atoms with Crippen LogP contribution < -0.4 is 0 Å². The zero-order chi connectivity index (χ0) is 12.1. The largest absolute Gasteiger partial charge is 0.103 e.